The lowest BCUT2D eigenvalue weighted by molar-refractivity contribution is -0.116. The summed E-state index contributed by atoms with van der Waals surface area (Å²) >= 11 is 0. The van der Waals surface area contributed by atoms with Crippen molar-refractivity contribution in [3.05, 3.63) is 72.2 Å². The molecule has 3 heterocycles. The molecule has 0 radical (unpaired) electrons. The molecule has 0 saturated heterocycles. The van der Waals surface area contributed by atoms with Gasteiger partial charge in [0.05, 0.1) is 17.6 Å². The van der Waals surface area contributed by atoms with Gasteiger partial charge in [-0.05, 0) is 23.8 Å². The van der Waals surface area contributed by atoms with E-state index in [2.05, 4.69) is 15.3 Å². The minimum atomic E-state index is -0.391. The van der Waals surface area contributed by atoms with Gasteiger partial charge < -0.3 is 5.32 Å². The molecule has 1 aromatic carbocycles. The quantitative estimate of drug-likeness (QED) is 0.792. The molecule has 0 bridgehead atoms. The number of amides is 1. The van der Waals surface area contributed by atoms with Crippen LogP contribution in [0.2, 0.25) is 0 Å². The average molecular weight is 308 g/mol. The number of nitrogens with one attached hydrogen (secondary N) is 1. The maximum Gasteiger partial charge on any atom is 0.226 e. The topological polar surface area (TPSA) is 59.8 Å². The molecule has 0 saturated carbocycles. The van der Waals surface area contributed by atoms with Gasteiger partial charge in [-0.15, -0.1) is 0 Å². The van der Waals surface area contributed by atoms with Crippen molar-refractivity contribution in [2.45, 2.75) is 12.3 Å². The van der Waals surface area contributed by atoms with Crippen LogP contribution in [0.1, 0.15) is 23.6 Å². The number of aromatic nitrogens is 3. The van der Waals surface area contributed by atoms with Crippen molar-refractivity contribution in [3.8, 4) is 5.69 Å². The van der Waals surface area contributed by atoms with E-state index in [0.29, 0.717) is 17.1 Å². The standard InChI is InChI=1S/C17H13FN4O/c18-14-6-2-1-5-12(14)13-8-15(23)21-17-16(13)20-10-22(17)11-4-3-7-19-9-11/h1-7,9-10,13H,8H2,(H,21,23)/t13-/m0/s1. The van der Waals surface area contributed by atoms with Gasteiger partial charge in [0.25, 0.3) is 0 Å². The average Bonchev–Trinajstić information content (AvgIpc) is 2.99. The maximum absolute atomic E-state index is 14.1. The first kappa shape index (κ1) is 13.6. The van der Waals surface area contributed by atoms with Gasteiger partial charge in [0.2, 0.25) is 5.91 Å². The highest BCUT2D eigenvalue weighted by atomic mass is 19.1. The van der Waals surface area contributed by atoms with Crippen LogP contribution in [0, 0.1) is 5.82 Å². The largest absolute Gasteiger partial charge is 0.310 e. The molecule has 5 nitrogen and oxygen atoms in total. The molecule has 0 unspecified atom stereocenters. The number of halogens is 1. The lowest BCUT2D eigenvalue weighted by Gasteiger charge is -2.23. The van der Waals surface area contributed by atoms with Crippen molar-refractivity contribution in [1.29, 1.82) is 0 Å². The fraction of sp³-hybridized carbons (Fsp3) is 0.118. The van der Waals surface area contributed by atoms with E-state index in [-0.39, 0.29) is 18.1 Å². The number of hydrogen-bond acceptors (Lipinski definition) is 3. The summed E-state index contributed by atoms with van der Waals surface area (Å²) in [5.41, 5.74) is 1.94. The van der Waals surface area contributed by atoms with E-state index in [9.17, 15) is 9.18 Å². The zero-order valence-corrected chi connectivity index (χ0v) is 12.1. The van der Waals surface area contributed by atoms with Gasteiger partial charge in [0, 0.05) is 18.5 Å². The number of benzene rings is 1. The van der Waals surface area contributed by atoms with E-state index < -0.39 is 5.92 Å². The molecule has 1 atom stereocenters. The first-order valence-corrected chi connectivity index (χ1v) is 7.26. The Balaban J connectivity index is 1.85. The molecule has 1 amide bonds. The van der Waals surface area contributed by atoms with E-state index in [1.165, 1.54) is 6.07 Å². The minimum absolute atomic E-state index is 0.156. The predicted molar refractivity (Wildman–Crippen MR) is 82.8 cm³/mol. The van der Waals surface area contributed by atoms with Gasteiger partial charge in [0.1, 0.15) is 18.0 Å². The highest BCUT2D eigenvalue weighted by Crippen LogP contribution is 2.37. The molecule has 0 aliphatic carbocycles. The molecule has 1 aliphatic rings. The Morgan fingerprint density at radius 3 is 2.87 bits per heavy atom. The maximum atomic E-state index is 14.1. The Morgan fingerprint density at radius 2 is 2.09 bits per heavy atom. The van der Waals surface area contributed by atoms with Crippen LogP contribution in [-0.2, 0) is 4.79 Å². The van der Waals surface area contributed by atoms with Crippen LogP contribution in [0.5, 0.6) is 0 Å². The number of carbonyl (C=O) groups is 1. The molecule has 0 spiro atoms. The summed E-state index contributed by atoms with van der Waals surface area (Å²) in [5, 5.41) is 2.84. The van der Waals surface area contributed by atoms with Gasteiger partial charge in [-0.1, -0.05) is 18.2 Å². The molecule has 1 aliphatic heterocycles. The second kappa shape index (κ2) is 5.31. The molecular formula is C17H13FN4O. The van der Waals surface area contributed by atoms with E-state index in [1.807, 2.05) is 6.07 Å². The monoisotopic (exact) mass is 308 g/mol. The Kier molecular flexibility index (Phi) is 3.15. The fourth-order valence-electron chi connectivity index (χ4n) is 2.91. The number of pyridine rings is 1. The van der Waals surface area contributed by atoms with Crippen molar-refractivity contribution in [3.63, 3.8) is 0 Å². The Hall–Kier alpha value is -3.02. The summed E-state index contributed by atoms with van der Waals surface area (Å²) in [5.74, 6) is -0.300. The highest BCUT2D eigenvalue weighted by Gasteiger charge is 2.32. The second-order valence-corrected chi connectivity index (χ2v) is 5.39. The van der Waals surface area contributed by atoms with Crippen LogP contribution in [0.4, 0.5) is 10.2 Å². The molecule has 0 fully saturated rings. The Morgan fingerprint density at radius 1 is 1.22 bits per heavy atom. The molecule has 1 N–H and O–H groups in total. The molecule has 114 valence electrons. The third-order valence-corrected chi connectivity index (χ3v) is 3.98. The van der Waals surface area contributed by atoms with Crippen LogP contribution in [0.15, 0.2) is 55.1 Å². The molecule has 4 rings (SSSR count). The van der Waals surface area contributed by atoms with Crippen molar-refractivity contribution in [1.82, 2.24) is 14.5 Å². The van der Waals surface area contributed by atoms with Crippen molar-refractivity contribution >= 4 is 11.7 Å². The number of imidazole rings is 1. The Bertz CT molecular complexity index is 875. The summed E-state index contributed by atoms with van der Waals surface area (Å²) in [4.78, 5) is 20.6. The van der Waals surface area contributed by atoms with Crippen LogP contribution in [0.3, 0.4) is 0 Å². The summed E-state index contributed by atoms with van der Waals surface area (Å²) in [6, 6.07) is 10.2. The number of hydrogen-bond donors (Lipinski definition) is 1. The minimum Gasteiger partial charge on any atom is -0.310 e. The van der Waals surface area contributed by atoms with Gasteiger partial charge in [-0.3, -0.25) is 14.3 Å². The van der Waals surface area contributed by atoms with Gasteiger partial charge in [-0.25, -0.2) is 9.37 Å². The zero-order valence-electron chi connectivity index (χ0n) is 12.1. The van der Waals surface area contributed by atoms with Crippen molar-refractivity contribution < 1.29 is 9.18 Å². The third-order valence-electron chi connectivity index (χ3n) is 3.98. The SMILES string of the molecule is O=C1C[C@@H](c2ccccc2F)c2ncn(-c3cccnc3)c2N1. The van der Waals surface area contributed by atoms with Crippen LogP contribution in [-0.4, -0.2) is 20.4 Å². The number of nitrogens with zero attached hydrogens (tertiary/aromatic N) is 3. The summed E-state index contributed by atoms with van der Waals surface area (Å²) in [7, 11) is 0. The van der Waals surface area contributed by atoms with Crippen molar-refractivity contribution in [2.75, 3.05) is 5.32 Å². The Labute approximate surface area is 131 Å². The fourth-order valence-corrected chi connectivity index (χ4v) is 2.91. The smallest absolute Gasteiger partial charge is 0.226 e. The summed E-state index contributed by atoms with van der Waals surface area (Å²) < 4.78 is 15.9. The van der Waals surface area contributed by atoms with Gasteiger partial charge in [-0.2, -0.15) is 0 Å². The summed E-state index contributed by atoms with van der Waals surface area (Å²) in [6.07, 6.45) is 5.16. The third kappa shape index (κ3) is 2.28. The molecule has 23 heavy (non-hydrogen) atoms. The van der Waals surface area contributed by atoms with Crippen molar-refractivity contribution in [2.24, 2.45) is 0 Å². The molecule has 3 aromatic rings. The lowest BCUT2D eigenvalue weighted by Crippen LogP contribution is -2.25. The van der Waals surface area contributed by atoms with E-state index in [1.54, 1.807) is 47.6 Å². The van der Waals surface area contributed by atoms with Crippen LogP contribution < -0.4 is 5.32 Å². The van der Waals surface area contributed by atoms with Gasteiger partial charge in [0.15, 0.2) is 0 Å². The van der Waals surface area contributed by atoms with Crippen LogP contribution in [0.25, 0.3) is 5.69 Å². The second-order valence-electron chi connectivity index (χ2n) is 5.39. The van der Waals surface area contributed by atoms with Gasteiger partial charge >= 0.3 is 0 Å². The first-order valence-electron chi connectivity index (χ1n) is 7.26. The van der Waals surface area contributed by atoms with E-state index in [0.717, 1.165) is 5.69 Å². The highest BCUT2D eigenvalue weighted by molar-refractivity contribution is 5.94. The number of fused-ring (bicyclic) bond motifs is 1. The summed E-state index contributed by atoms with van der Waals surface area (Å²) in [6.45, 7) is 0. The first-order chi connectivity index (χ1) is 11.2. The van der Waals surface area contributed by atoms with E-state index in [4.69, 9.17) is 0 Å². The molecular weight excluding hydrogens is 295 g/mol. The zero-order chi connectivity index (χ0) is 15.8. The molecule has 6 heteroatoms. The number of carbonyl (C=O) groups excluding carboxylic acids is 1. The van der Waals surface area contributed by atoms with E-state index >= 15 is 0 Å². The predicted octanol–water partition coefficient (Wildman–Crippen LogP) is 2.88. The molecule has 2 aromatic heterocycles. The van der Waals surface area contributed by atoms with Crippen LogP contribution >= 0.6 is 0 Å². The lowest BCUT2D eigenvalue weighted by atomic mass is 9.89. The number of anilines is 1. The number of rotatable bonds is 2. The normalized spacial score (nSPS) is 16.7.